The van der Waals surface area contributed by atoms with Crippen LogP contribution in [-0.2, 0) is 19.1 Å². The van der Waals surface area contributed by atoms with Crippen molar-refractivity contribution in [1.29, 1.82) is 0 Å². The minimum atomic E-state index is -1.23. The minimum absolute atomic E-state index is 0.155. The summed E-state index contributed by atoms with van der Waals surface area (Å²) in [6.45, 7) is 1.71. The van der Waals surface area contributed by atoms with Gasteiger partial charge in [0.2, 0.25) is 0 Å². The Balaban J connectivity index is 2.51. The molecule has 0 unspecified atom stereocenters. The van der Waals surface area contributed by atoms with Gasteiger partial charge in [0.1, 0.15) is 0 Å². The second-order valence-corrected chi connectivity index (χ2v) is 5.98. The van der Waals surface area contributed by atoms with Crippen LogP contribution in [0.25, 0.3) is 0 Å². The van der Waals surface area contributed by atoms with E-state index in [1.54, 1.807) is 55.5 Å². The van der Waals surface area contributed by atoms with E-state index in [1.807, 2.05) is 12.1 Å². The average molecular weight is 354 g/mol. The Kier molecular flexibility index (Phi) is 6.67. The fourth-order valence-corrected chi connectivity index (χ4v) is 3.12. The number of ether oxygens (including phenoxy) is 2. The molecule has 0 bridgehead atoms. The number of carbonyl (C=O) groups excluding carboxylic acids is 3. The van der Waals surface area contributed by atoms with Gasteiger partial charge in [0.25, 0.3) is 0 Å². The van der Waals surface area contributed by atoms with Crippen molar-refractivity contribution in [3.8, 4) is 0 Å². The van der Waals surface area contributed by atoms with Gasteiger partial charge in [0.05, 0.1) is 14.2 Å². The Hall–Kier alpha value is -2.95. The van der Waals surface area contributed by atoms with Gasteiger partial charge in [-0.25, -0.2) is 0 Å². The summed E-state index contributed by atoms with van der Waals surface area (Å²) in [7, 11) is 2.42. The molecule has 0 aromatic heterocycles. The first-order chi connectivity index (χ1) is 12.5. The largest absolute Gasteiger partial charge is 0.468 e. The van der Waals surface area contributed by atoms with Gasteiger partial charge < -0.3 is 9.47 Å². The first-order valence-electron chi connectivity index (χ1n) is 8.31. The zero-order chi connectivity index (χ0) is 19.1. The first-order valence-corrected chi connectivity index (χ1v) is 8.31. The van der Waals surface area contributed by atoms with E-state index in [0.717, 1.165) is 0 Å². The van der Waals surface area contributed by atoms with Crippen molar-refractivity contribution in [3.05, 3.63) is 71.8 Å². The van der Waals surface area contributed by atoms with E-state index in [9.17, 15) is 14.4 Å². The van der Waals surface area contributed by atoms with Crippen LogP contribution in [0.15, 0.2) is 60.7 Å². The van der Waals surface area contributed by atoms with Crippen LogP contribution in [0.3, 0.4) is 0 Å². The van der Waals surface area contributed by atoms with Gasteiger partial charge in [0.15, 0.2) is 11.7 Å². The number of Topliss-reactive ketones (excluding diaryl/α,β-unsaturated/α-hetero) is 1. The molecule has 0 spiro atoms. The van der Waals surface area contributed by atoms with Crippen molar-refractivity contribution in [2.24, 2.45) is 11.8 Å². The highest BCUT2D eigenvalue weighted by Crippen LogP contribution is 2.35. The number of methoxy groups -OCH3 is 2. The molecule has 0 saturated carbocycles. The van der Waals surface area contributed by atoms with Gasteiger partial charge in [-0.15, -0.1) is 0 Å². The monoisotopic (exact) mass is 354 g/mol. The normalized spacial score (nSPS) is 12.9. The Morgan fingerprint density at radius 1 is 0.769 bits per heavy atom. The van der Waals surface area contributed by atoms with Crippen LogP contribution in [0.4, 0.5) is 0 Å². The number of ketones is 1. The molecule has 0 amide bonds. The van der Waals surface area contributed by atoms with Crippen molar-refractivity contribution in [2.75, 3.05) is 14.2 Å². The number of hydrogen-bond donors (Lipinski definition) is 0. The molecular formula is C21H22O5. The van der Waals surface area contributed by atoms with Gasteiger partial charge >= 0.3 is 11.9 Å². The summed E-state index contributed by atoms with van der Waals surface area (Å²) in [5.41, 5.74) is 1.22. The second kappa shape index (κ2) is 8.94. The zero-order valence-electron chi connectivity index (χ0n) is 15.0. The number of carbonyl (C=O) groups is 3. The van der Waals surface area contributed by atoms with E-state index in [-0.39, 0.29) is 5.78 Å². The lowest BCUT2D eigenvalue weighted by molar-refractivity contribution is -0.160. The van der Waals surface area contributed by atoms with Crippen molar-refractivity contribution in [2.45, 2.75) is 12.8 Å². The third kappa shape index (κ3) is 4.17. The molecule has 0 aliphatic heterocycles. The van der Waals surface area contributed by atoms with Gasteiger partial charge in [0, 0.05) is 17.4 Å². The molecule has 0 fully saturated rings. The lowest BCUT2D eigenvalue weighted by atomic mass is 9.74. The highest BCUT2D eigenvalue weighted by Gasteiger charge is 2.42. The van der Waals surface area contributed by atoms with Gasteiger partial charge in [-0.2, -0.15) is 0 Å². The third-order valence-corrected chi connectivity index (χ3v) is 4.46. The summed E-state index contributed by atoms with van der Waals surface area (Å²) < 4.78 is 9.64. The number of rotatable bonds is 7. The highest BCUT2D eigenvalue weighted by atomic mass is 16.5. The van der Waals surface area contributed by atoms with E-state index in [0.29, 0.717) is 11.1 Å². The predicted molar refractivity (Wildman–Crippen MR) is 96.6 cm³/mol. The Morgan fingerprint density at radius 3 is 1.69 bits per heavy atom. The average Bonchev–Trinajstić information content (AvgIpc) is 2.71. The molecule has 136 valence electrons. The van der Waals surface area contributed by atoms with Crippen molar-refractivity contribution in [3.63, 3.8) is 0 Å². The summed E-state index contributed by atoms with van der Waals surface area (Å²) >= 11 is 0. The fraction of sp³-hybridized carbons (Fsp3) is 0.286. The lowest BCUT2D eigenvalue weighted by Gasteiger charge is -2.28. The highest BCUT2D eigenvalue weighted by molar-refractivity contribution is 6.01. The topological polar surface area (TPSA) is 69.7 Å². The smallest absolute Gasteiger partial charge is 0.320 e. The Labute approximate surface area is 152 Å². The zero-order valence-corrected chi connectivity index (χ0v) is 15.0. The summed E-state index contributed by atoms with van der Waals surface area (Å²) in [4.78, 5) is 37.7. The Morgan fingerprint density at radius 2 is 1.23 bits per heavy atom. The molecule has 5 nitrogen and oxygen atoms in total. The quantitative estimate of drug-likeness (QED) is 0.434. The molecule has 0 saturated heterocycles. The van der Waals surface area contributed by atoms with Crippen molar-refractivity contribution in [1.82, 2.24) is 0 Å². The molecule has 2 aromatic rings. The minimum Gasteiger partial charge on any atom is -0.468 e. The van der Waals surface area contributed by atoms with E-state index >= 15 is 0 Å². The third-order valence-electron chi connectivity index (χ3n) is 4.46. The molecule has 2 rings (SSSR count). The molecule has 0 N–H and O–H groups in total. The first kappa shape index (κ1) is 19.4. The molecule has 0 aliphatic rings. The SMILES string of the molecule is COC(=O)C(C(=O)OC)[C@@H](c1ccccc1)[C@@H](C)C(=O)c1ccccc1. The molecule has 5 heteroatoms. The van der Waals surface area contributed by atoms with Crippen LogP contribution >= 0.6 is 0 Å². The number of esters is 2. The Bertz CT molecular complexity index is 738. The summed E-state index contributed by atoms with van der Waals surface area (Å²) in [5.74, 6) is -4.17. The molecule has 26 heavy (non-hydrogen) atoms. The number of hydrogen-bond acceptors (Lipinski definition) is 5. The van der Waals surface area contributed by atoms with E-state index < -0.39 is 29.7 Å². The van der Waals surface area contributed by atoms with Crippen LogP contribution in [0.2, 0.25) is 0 Å². The predicted octanol–water partition coefficient (Wildman–Crippen LogP) is 3.25. The molecule has 0 heterocycles. The van der Waals surface area contributed by atoms with E-state index in [2.05, 4.69) is 0 Å². The molecule has 2 atom stereocenters. The van der Waals surface area contributed by atoms with Gasteiger partial charge in [-0.3, -0.25) is 14.4 Å². The van der Waals surface area contributed by atoms with Crippen LogP contribution in [-0.4, -0.2) is 31.9 Å². The van der Waals surface area contributed by atoms with Crippen LogP contribution < -0.4 is 0 Å². The van der Waals surface area contributed by atoms with Crippen LogP contribution in [0.1, 0.15) is 28.8 Å². The maximum atomic E-state index is 13.0. The molecule has 0 radical (unpaired) electrons. The summed E-state index contributed by atoms with van der Waals surface area (Å²) in [6.07, 6.45) is 0. The van der Waals surface area contributed by atoms with Crippen molar-refractivity contribution >= 4 is 17.7 Å². The number of benzene rings is 2. The second-order valence-electron chi connectivity index (χ2n) is 5.98. The van der Waals surface area contributed by atoms with Gasteiger partial charge in [-0.1, -0.05) is 67.6 Å². The van der Waals surface area contributed by atoms with E-state index in [4.69, 9.17) is 9.47 Å². The summed E-state index contributed by atoms with van der Waals surface area (Å²) in [5, 5.41) is 0. The molecule has 0 aliphatic carbocycles. The van der Waals surface area contributed by atoms with E-state index in [1.165, 1.54) is 14.2 Å². The maximum Gasteiger partial charge on any atom is 0.320 e. The molecular weight excluding hydrogens is 332 g/mol. The van der Waals surface area contributed by atoms with Gasteiger partial charge in [-0.05, 0) is 5.56 Å². The standard InChI is InChI=1S/C21H22O5/c1-14(19(22)16-12-8-5-9-13-16)17(15-10-6-4-7-11-15)18(20(23)25-2)21(24)26-3/h4-14,17-18H,1-3H3/t14-,17-/m1/s1. The summed E-state index contributed by atoms with van der Waals surface area (Å²) in [6, 6.07) is 17.8. The van der Waals surface area contributed by atoms with Crippen LogP contribution in [0, 0.1) is 11.8 Å². The maximum absolute atomic E-state index is 13.0. The lowest BCUT2D eigenvalue weighted by Crippen LogP contribution is -2.37. The van der Waals surface area contributed by atoms with Crippen LogP contribution in [0.5, 0.6) is 0 Å². The van der Waals surface area contributed by atoms with Crippen molar-refractivity contribution < 1.29 is 23.9 Å². The fourth-order valence-electron chi connectivity index (χ4n) is 3.12. The molecule has 2 aromatic carbocycles.